The Bertz CT molecular complexity index is 959. The normalized spacial score (nSPS) is 22.4. The zero-order chi connectivity index (χ0) is 21.3. The molecule has 0 spiro atoms. The van der Waals surface area contributed by atoms with Gasteiger partial charge in [-0.1, -0.05) is 23.7 Å². The molecule has 0 unspecified atom stereocenters. The molecule has 3 rings (SSSR count). The molecule has 1 aliphatic rings. The second-order valence-corrected chi connectivity index (χ2v) is 9.56. The van der Waals surface area contributed by atoms with Gasteiger partial charge in [-0.15, -0.1) is 12.4 Å². The number of hydrogen-bond donors (Lipinski definition) is 2. The van der Waals surface area contributed by atoms with Crippen LogP contribution in [0.1, 0.15) is 36.8 Å². The molecule has 4 nitrogen and oxygen atoms in total. The van der Waals surface area contributed by atoms with Gasteiger partial charge in [-0.2, -0.15) is 13.2 Å². The Kier molecular flexibility index (Phi) is 7.85. The second kappa shape index (κ2) is 9.44. The maximum absolute atomic E-state index is 12.7. The molecule has 0 aromatic heterocycles. The Hall–Kier alpha value is -1.32. The van der Waals surface area contributed by atoms with E-state index < -0.39 is 21.8 Å². The molecular weight excluding hydrogens is 460 g/mol. The molecule has 0 saturated heterocycles. The van der Waals surface area contributed by atoms with Gasteiger partial charge in [0.15, 0.2) is 0 Å². The lowest BCUT2D eigenvalue weighted by molar-refractivity contribution is -0.137. The van der Waals surface area contributed by atoms with Gasteiger partial charge in [-0.05, 0) is 67.6 Å². The SMILES string of the molecule is Cl.NCC1(c2cccc(Cl)c2)CCC(NS(=O)(=O)c2ccc(C(F)(F)F)cc2)CC1. The first-order valence-corrected chi connectivity index (χ1v) is 11.1. The van der Waals surface area contributed by atoms with Crippen LogP contribution in [0.5, 0.6) is 0 Å². The number of benzene rings is 2. The van der Waals surface area contributed by atoms with Gasteiger partial charge in [-0.25, -0.2) is 13.1 Å². The van der Waals surface area contributed by atoms with Crippen molar-refractivity contribution in [2.75, 3.05) is 6.54 Å². The number of rotatable bonds is 5. The van der Waals surface area contributed by atoms with Crippen LogP contribution in [0.25, 0.3) is 0 Å². The van der Waals surface area contributed by atoms with E-state index in [9.17, 15) is 21.6 Å². The summed E-state index contributed by atoms with van der Waals surface area (Å²) in [6.45, 7) is 0.422. The Morgan fingerprint density at radius 1 is 1.10 bits per heavy atom. The first kappa shape index (κ1) is 24.9. The lowest BCUT2D eigenvalue weighted by Gasteiger charge is -2.40. The molecule has 0 amide bonds. The molecule has 3 N–H and O–H groups in total. The van der Waals surface area contributed by atoms with Crippen molar-refractivity contribution < 1.29 is 21.6 Å². The summed E-state index contributed by atoms with van der Waals surface area (Å²) in [5, 5.41) is 0.625. The van der Waals surface area contributed by atoms with Gasteiger partial charge < -0.3 is 5.73 Å². The van der Waals surface area contributed by atoms with Gasteiger partial charge in [0, 0.05) is 23.0 Å². The average molecular weight is 483 g/mol. The Morgan fingerprint density at radius 3 is 2.20 bits per heavy atom. The van der Waals surface area contributed by atoms with E-state index >= 15 is 0 Å². The predicted octanol–water partition coefficient (Wildman–Crippen LogP) is 4.90. The van der Waals surface area contributed by atoms with Gasteiger partial charge in [0.1, 0.15) is 0 Å². The minimum Gasteiger partial charge on any atom is -0.330 e. The minimum atomic E-state index is -4.51. The largest absolute Gasteiger partial charge is 0.416 e. The zero-order valence-corrected chi connectivity index (χ0v) is 18.3. The van der Waals surface area contributed by atoms with Gasteiger partial charge in [-0.3, -0.25) is 0 Å². The van der Waals surface area contributed by atoms with Crippen LogP contribution in [0.2, 0.25) is 5.02 Å². The highest BCUT2D eigenvalue weighted by atomic mass is 35.5. The van der Waals surface area contributed by atoms with Crippen molar-refractivity contribution in [3.05, 3.63) is 64.7 Å². The molecule has 30 heavy (non-hydrogen) atoms. The van der Waals surface area contributed by atoms with E-state index in [1.54, 1.807) is 6.07 Å². The summed E-state index contributed by atoms with van der Waals surface area (Å²) in [6.07, 6.45) is -1.99. The number of hydrogen-bond acceptors (Lipinski definition) is 3. The van der Waals surface area contributed by atoms with E-state index in [4.69, 9.17) is 17.3 Å². The number of nitrogens with one attached hydrogen (secondary N) is 1. The lowest BCUT2D eigenvalue weighted by atomic mass is 9.68. The third kappa shape index (κ3) is 5.48. The van der Waals surface area contributed by atoms with Crippen molar-refractivity contribution in [3.63, 3.8) is 0 Å². The third-order valence-electron chi connectivity index (χ3n) is 5.58. The second-order valence-electron chi connectivity index (χ2n) is 7.41. The van der Waals surface area contributed by atoms with Crippen LogP contribution in [-0.2, 0) is 21.6 Å². The molecule has 0 heterocycles. The number of halogens is 5. The van der Waals surface area contributed by atoms with Crippen molar-refractivity contribution in [2.24, 2.45) is 5.73 Å². The highest BCUT2D eigenvalue weighted by Crippen LogP contribution is 2.40. The molecule has 2 aromatic carbocycles. The standard InChI is InChI=1S/C20H22ClF3N2O2S.ClH/c21-16-3-1-2-15(12-16)19(13-25)10-8-17(9-11-19)26-29(27,28)18-6-4-14(5-7-18)20(22,23)24;/h1-7,12,17,26H,8-11,13,25H2;1H. The quantitative estimate of drug-likeness (QED) is 0.636. The van der Waals surface area contributed by atoms with E-state index in [-0.39, 0.29) is 28.8 Å². The Balaban J connectivity index is 0.00000320. The van der Waals surface area contributed by atoms with Gasteiger partial charge >= 0.3 is 6.18 Å². The fourth-order valence-electron chi connectivity index (χ4n) is 3.83. The van der Waals surface area contributed by atoms with E-state index in [2.05, 4.69) is 4.72 Å². The molecule has 0 bridgehead atoms. The van der Waals surface area contributed by atoms with Gasteiger partial charge in [0.2, 0.25) is 10.0 Å². The summed E-state index contributed by atoms with van der Waals surface area (Å²) in [5.74, 6) is 0. The van der Waals surface area contributed by atoms with Crippen LogP contribution < -0.4 is 10.5 Å². The van der Waals surface area contributed by atoms with Crippen LogP contribution in [0.15, 0.2) is 53.4 Å². The predicted molar refractivity (Wildman–Crippen MR) is 113 cm³/mol. The Morgan fingerprint density at radius 2 is 1.70 bits per heavy atom. The molecular formula is C20H23Cl2F3N2O2S. The maximum atomic E-state index is 12.7. The third-order valence-corrected chi connectivity index (χ3v) is 7.36. The summed E-state index contributed by atoms with van der Waals surface area (Å²) in [5.41, 5.74) is 5.95. The topological polar surface area (TPSA) is 72.2 Å². The van der Waals surface area contributed by atoms with Crippen LogP contribution >= 0.6 is 24.0 Å². The molecule has 0 aliphatic heterocycles. The van der Waals surface area contributed by atoms with Crippen LogP contribution in [0.4, 0.5) is 13.2 Å². The summed E-state index contributed by atoms with van der Waals surface area (Å²) in [6, 6.07) is 10.7. The summed E-state index contributed by atoms with van der Waals surface area (Å²) in [4.78, 5) is -0.184. The smallest absolute Gasteiger partial charge is 0.330 e. The van der Waals surface area contributed by atoms with Gasteiger partial charge in [0.05, 0.1) is 10.5 Å². The van der Waals surface area contributed by atoms with Crippen molar-refractivity contribution in [1.82, 2.24) is 4.72 Å². The van der Waals surface area contributed by atoms with Crippen molar-refractivity contribution in [1.29, 1.82) is 0 Å². The monoisotopic (exact) mass is 482 g/mol. The minimum absolute atomic E-state index is 0. The van der Waals surface area contributed by atoms with E-state index in [0.717, 1.165) is 29.8 Å². The van der Waals surface area contributed by atoms with Crippen LogP contribution in [0, 0.1) is 0 Å². The van der Waals surface area contributed by atoms with Crippen molar-refractivity contribution in [2.45, 2.75) is 48.2 Å². The molecule has 1 aliphatic carbocycles. The fourth-order valence-corrected chi connectivity index (χ4v) is 5.32. The lowest BCUT2D eigenvalue weighted by Crippen LogP contribution is -2.45. The molecule has 1 fully saturated rings. The summed E-state index contributed by atoms with van der Waals surface area (Å²) < 4.78 is 65.8. The van der Waals surface area contributed by atoms with E-state index in [1.807, 2.05) is 18.2 Å². The summed E-state index contributed by atoms with van der Waals surface area (Å²) in [7, 11) is -3.91. The first-order chi connectivity index (χ1) is 13.6. The van der Waals surface area contributed by atoms with Crippen molar-refractivity contribution >= 4 is 34.0 Å². The number of sulfonamides is 1. The van der Waals surface area contributed by atoms with Gasteiger partial charge in [0.25, 0.3) is 0 Å². The van der Waals surface area contributed by atoms with Crippen LogP contribution in [-0.4, -0.2) is 21.0 Å². The fraction of sp³-hybridized carbons (Fsp3) is 0.400. The zero-order valence-electron chi connectivity index (χ0n) is 16.0. The Labute approximate surface area is 185 Å². The number of alkyl halides is 3. The molecule has 10 heteroatoms. The first-order valence-electron chi connectivity index (χ1n) is 9.21. The molecule has 0 radical (unpaired) electrons. The molecule has 166 valence electrons. The number of nitrogens with two attached hydrogens (primary N) is 1. The molecule has 1 saturated carbocycles. The van der Waals surface area contributed by atoms with Crippen molar-refractivity contribution in [3.8, 4) is 0 Å². The average Bonchev–Trinajstić information content (AvgIpc) is 2.68. The summed E-state index contributed by atoms with van der Waals surface area (Å²) >= 11 is 6.10. The highest BCUT2D eigenvalue weighted by Gasteiger charge is 2.37. The van der Waals surface area contributed by atoms with E-state index in [1.165, 1.54) is 0 Å². The van der Waals surface area contributed by atoms with E-state index in [0.29, 0.717) is 37.3 Å². The molecule has 2 aromatic rings. The molecule has 0 atom stereocenters. The van der Waals surface area contributed by atoms with Crippen LogP contribution in [0.3, 0.4) is 0 Å². The highest BCUT2D eigenvalue weighted by molar-refractivity contribution is 7.89. The maximum Gasteiger partial charge on any atom is 0.416 e.